The van der Waals surface area contributed by atoms with E-state index in [1.165, 1.54) is 25.7 Å². The normalized spacial score (nSPS) is 23.3. The second kappa shape index (κ2) is 9.33. The summed E-state index contributed by atoms with van der Waals surface area (Å²) in [5.74, 6) is 0.370. The maximum Gasteiger partial charge on any atom is 0.191 e. The Morgan fingerprint density at radius 2 is 1.70 bits per heavy atom. The van der Waals surface area contributed by atoms with Gasteiger partial charge >= 0.3 is 0 Å². The Labute approximate surface area is 144 Å². The van der Waals surface area contributed by atoms with Gasteiger partial charge in [0.2, 0.25) is 0 Å². The lowest BCUT2D eigenvalue weighted by atomic mass is 9.97. The van der Waals surface area contributed by atoms with Gasteiger partial charge in [0.15, 0.2) is 8.32 Å². The van der Waals surface area contributed by atoms with Crippen molar-refractivity contribution in [2.24, 2.45) is 0 Å². The van der Waals surface area contributed by atoms with E-state index >= 15 is 0 Å². The predicted molar refractivity (Wildman–Crippen MR) is 99.4 cm³/mol. The highest BCUT2D eigenvalue weighted by Crippen LogP contribution is 2.36. The van der Waals surface area contributed by atoms with Crippen LogP contribution in [0.15, 0.2) is 0 Å². The monoisotopic (exact) mass is 342 g/mol. The van der Waals surface area contributed by atoms with Crippen LogP contribution >= 0.6 is 0 Å². The zero-order valence-corrected chi connectivity index (χ0v) is 17.2. The van der Waals surface area contributed by atoms with Crippen molar-refractivity contribution >= 4 is 14.1 Å². The largest absolute Gasteiger partial charge is 0.417 e. The van der Waals surface area contributed by atoms with E-state index in [9.17, 15) is 4.79 Å². The van der Waals surface area contributed by atoms with Crippen LogP contribution in [0, 0.1) is 0 Å². The van der Waals surface area contributed by atoms with Crippen molar-refractivity contribution in [3.8, 4) is 0 Å². The molecule has 3 nitrogen and oxygen atoms in total. The summed E-state index contributed by atoms with van der Waals surface area (Å²) in [6.07, 6.45) is 8.25. The molecule has 0 aliphatic carbocycles. The molecule has 4 heteroatoms. The minimum atomic E-state index is -1.69. The van der Waals surface area contributed by atoms with Crippen molar-refractivity contribution in [2.45, 2.75) is 109 Å². The Hall–Kier alpha value is -0.193. The Balaban J connectivity index is 2.34. The van der Waals surface area contributed by atoms with Gasteiger partial charge in [-0.3, -0.25) is 4.79 Å². The molecule has 0 aromatic carbocycles. The molecular weight excluding hydrogens is 304 g/mol. The van der Waals surface area contributed by atoms with Crippen LogP contribution < -0.4 is 0 Å². The van der Waals surface area contributed by atoms with Crippen molar-refractivity contribution in [3.05, 3.63) is 0 Å². The summed E-state index contributed by atoms with van der Waals surface area (Å²) in [6.45, 7) is 14.3. The van der Waals surface area contributed by atoms with Gasteiger partial charge in [0, 0.05) is 19.4 Å². The number of carbonyl (C=O) groups excluding carboxylic acids is 1. The molecule has 1 rings (SSSR count). The number of ether oxygens (including phenoxy) is 1. The summed E-state index contributed by atoms with van der Waals surface area (Å²) in [5.41, 5.74) is 0. The fourth-order valence-electron chi connectivity index (χ4n) is 2.76. The van der Waals surface area contributed by atoms with Gasteiger partial charge in [-0.25, -0.2) is 0 Å². The maximum atomic E-state index is 12.0. The third kappa shape index (κ3) is 7.49. The third-order valence-corrected chi connectivity index (χ3v) is 9.92. The van der Waals surface area contributed by atoms with E-state index < -0.39 is 8.32 Å². The van der Waals surface area contributed by atoms with Crippen LogP contribution in [0.1, 0.15) is 79.1 Å². The molecule has 1 heterocycles. The lowest BCUT2D eigenvalue weighted by Gasteiger charge is -2.37. The molecule has 1 aliphatic rings. The quantitative estimate of drug-likeness (QED) is 0.411. The van der Waals surface area contributed by atoms with Crippen LogP contribution in [0.4, 0.5) is 0 Å². The topological polar surface area (TPSA) is 35.5 Å². The molecular formula is C19H38O3Si. The number of carbonyl (C=O) groups is 1. The molecule has 0 saturated carbocycles. The van der Waals surface area contributed by atoms with Gasteiger partial charge in [0.1, 0.15) is 5.78 Å². The molecule has 0 amide bonds. The van der Waals surface area contributed by atoms with Gasteiger partial charge in [0.05, 0.1) is 12.2 Å². The number of unbranched alkanes of at least 4 members (excludes halogenated alkanes) is 3. The Kier molecular flexibility index (Phi) is 8.46. The van der Waals surface area contributed by atoms with Crippen molar-refractivity contribution in [1.29, 1.82) is 0 Å². The van der Waals surface area contributed by atoms with E-state index in [1.807, 2.05) is 0 Å². The van der Waals surface area contributed by atoms with Crippen LogP contribution in [0.25, 0.3) is 0 Å². The molecule has 1 saturated heterocycles. The maximum absolute atomic E-state index is 12.0. The first kappa shape index (κ1) is 20.9. The molecule has 0 aromatic heterocycles. The fourth-order valence-corrected chi connectivity index (χ4v) is 3.82. The highest BCUT2D eigenvalue weighted by Gasteiger charge is 2.37. The molecule has 23 heavy (non-hydrogen) atoms. The van der Waals surface area contributed by atoms with Gasteiger partial charge in [-0.1, -0.05) is 53.4 Å². The molecule has 0 bridgehead atoms. The third-order valence-electron chi connectivity index (χ3n) is 5.38. The molecule has 0 unspecified atom stereocenters. The van der Waals surface area contributed by atoms with Crippen LogP contribution in [0.3, 0.4) is 0 Å². The summed E-state index contributed by atoms with van der Waals surface area (Å²) in [6, 6.07) is 0. The highest BCUT2D eigenvalue weighted by molar-refractivity contribution is 6.74. The Morgan fingerprint density at radius 1 is 1.09 bits per heavy atom. The lowest BCUT2D eigenvalue weighted by molar-refractivity contribution is -0.136. The van der Waals surface area contributed by atoms with Crippen LogP contribution in [-0.2, 0) is 14.0 Å². The molecule has 1 fully saturated rings. The van der Waals surface area contributed by atoms with E-state index in [2.05, 4.69) is 40.8 Å². The van der Waals surface area contributed by atoms with E-state index in [0.717, 1.165) is 19.4 Å². The minimum Gasteiger partial charge on any atom is -0.417 e. The van der Waals surface area contributed by atoms with Crippen molar-refractivity contribution in [3.63, 3.8) is 0 Å². The van der Waals surface area contributed by atoms with Crippen molar-refractivity contribution in [1.82, 2.24) is 0 Å². The number of hydrogen-bond acceptors (Lipinski definition) is 3. The van der Waals surface area contributed by atoms with E-state index in [-0.39, 0.29) is 17.2 Å². The van der Waals surface area contributed by atoms with Crippen LogP contribution in [-0.4, -0.2) is 32.9 Å². The average molecular weight is 343 g/mol. The van der Waals surface area contributed by atoms with E-state index in [0.29, 0.717) is 18.6 Å². The van der Waals surface area contributed by atoms with Gasteiger partial charge < -0.3 is 9.16 Å². The molecule has 0 aromatic rings. The first-order valence-corrected chi connectivity index (χ1v) is 12.4. The summed E-state index contributed by atoms with van der Waals surface area (Å²) in [5, 5.41) is 0.234. The van der Waals surface area contributed by atoms with Gasteiger partial charge in [0.25, 0.3) is 0 Å². The Bertz CT molecular complexity index is 360. The fraction of sp³-hybridized carbons (Fsp3) is 0.947. The summed E-state index contributed by atoms with van der Waals surface area (Å²) < 4.78 is 12.4. The first-order valence-electron chi connectivity index (χ1n) is 9.47. The number of ketones is 1. The van der Waals surface area contributed by atoms with Gasteiger partial charge in [-0.05, 0) is 31.0 Å². The summed E-state index contributed by atoms with van der Waals surface area (Å²) in [7, 11) is -1.69. The molecule has 0 N–H and O–H groups in total. The second-order valence-corrected chi connectivity index (χ2v) is 13.4. The van der Waals surface area contributed by atoms with Gasteiger partial charge in [-0.2, -0.15) is 0 Å². The van der Waals surface area contributed by atoms with Crippen LogP contribution in [0.2, 0.25) is 18.1 Å². The zero-order chi connectivity index (χ0) is 17.5. The number of hydrogen-bond donors (Lipinski definition) is 0. The highest BCUT2D eigenvalue weighted by atomic mass is 28.4. The summed E-state index contributed by atoms with van der Waals surface area (Å²) in [4.78, 5) is 12.0. The zero-order valence-electron chi connectivity index (χ0n) is 16.2. The SMILES string of the molecule is CCCCCC[C@H]1CC(=O)C[C@@H](CCO[Si](C)(C)C(C)(C)C)O1. The minimum absolute atomic E-state index is 0.0668. The predicted octanol–water partition coefficient (Wildman–Crippen LogP) is 5.49. The van der Waals surface area contributed by atoms with Crippen molar-refractivity contribution < 1.29 is 14.0 Å². The number of Topliss-reactive ketones (excluding diaryl/α,β-unsaturated/α-hetero) is 1. The van der Waals surface area contributed by atoms with E-state index in [1.54, 1.807) is 0 Å². The van der Waals surface area contributed by atoms with Crippen molar-refractivity contribution in [2.75, 3.05) is 6.61 Å². The first-order chi connectivity index (χ1) is 10.7. The molecule has 136 valence electrons. The lowest BCUT2D eigenvalue weighted by Crippen LogP contribution is -2.42. The van der Waals surface area contributed by atoms with Gasteiger partial charge in [-0.15, -0.1) is 0 Å². The molecule has 2 atom stereocenters. The Morgan fingerprint density at radius 3 is 2.26 bits per heavy atom. The average Bonchev–Trinajstić information content (AvgIpc) is 2.42. The van der Waals surface area contributed by atoms with Crippen LogP contribution in [0.5, 0.6) is 0 Å². The molecule has 1 aliphatic heterocycles. The second-order valence-electron chi connectivity index (χ2n) is 8.57. The standard InChI is InChI=1S/C19H38O3Si/c1-7-8-9-10-11-17-14-16(20)15-18(22-17)12-13-21-23(5,6)19(2,3)4/h17-18H,7-15H2,1-6H3/t17-,18+/m0/s1. The smallest absolute Gasteiger partial charge is 0.191 e. The number of rotatable bonds is 9. The summed E-state index contributed by atoms with van der Waals surface area (Å²) >= 11 is 0. The van der Waals surface area contributed by atoms with E-state index in [4.69, 9.17) is 9.16 Å². The molecule has 0 radical (unpaired) electrons. The molecule has 0 spiro atoms.